The maximum Gasteiger partial charge on any atom is 0.274 e. The van der Waals surface area contributed by atoms with Crippen LogP contribution in [-0.4, -0.2) is 64.0 Å². The highest BCUT2D eigenvalue weighted by Crippen LogP contribution is 2.38. The van der Waals surface area contributed by atoms with Crippen molar-refractivity contribution in [1.29, 1.82) is 0 Å². The lowest BCUT2D eigenvalue weighted by molar-refractivity contribution is 0.0443. The molecule has 2 fully saturated rings. The summed E-state index contributed by atoms with van der Waals surface area (Å²) in [6.07, 6.45) is 6.77. The van der Waals surface area contributed by atoms with Crippen LogP contribution >= 0.6 is 0 Å². The summed E-state index contributed by atoms with van der Waals surface area (Å²) in [7, 11) is -1.39. The summed E-state index contributed by atoms with van der Waals surface area (Å²) in [5, 5.41) is 0. The lowest BCUT2D eigenvalue weighted by Crippen LogP contribution is -2.58. The first-order chi connectivity index (χ1) is 10.9. The number of amides is 1. The summed E-state index contributed by atoms with van der Waals surface area (Å²) in [6, 6.07) is 0. The molecule has 1 spiro atoms. The van der Waals surface area contributed by atoms with E-state index in [1.807, 2.05) is 11.9 Å². The largest absolute Gasteiger partial charge is 0.340 e. The first-order valence-electron chi connectivity index (χ1n) is 8.16. The van der Waals surface area contributed by atoms with Crippen LogP contribution in [0.25, 0.3) is 0 Å². The minimum Gasteiger partial charge on any atom is -0.340 e. The predicted molar refractivity (Wildman–Crippen MR) is 86.5 cm³/mol. The Balaban J connectivity index is 1.86. The number of hydrogen-bond donors (Lipinski definition) is 0. The number of hydrogen-bond acceptors (Lipinski definition) is 4. The zero-order valence-corrected chi connectivity index (χ0v) is 14.5. The van der Waals surface area contributed by atoms with E-state index in [4.69, 9.17) is 0 Å². The number of aryl methyl sites for hydroxylation is 1. The molecule has 1 atom stereocenters. The number of aromatic nitrogens is 2. The van der Waals surface area contributed by atoms with Gasteiger partial charge in [0, 0.05) is 32.9 Å². The van der Waals surface area contributed by atoms with Gasteiger partial charge in [0.15, 0.2) is 0 Å². The van der Waals surface area contributed by atoms with Crippen molar-refractivity contribution in [2.45, 2.75) is 38.1 Å². The number of carbonyl (C=O) groups is 1. The highest BCUT2D eigenvalue weighted by atomic mass is 32.2. The van der Waals surface area contributed by atoms with Crippen molar-refractivity contribution >= 4 is 15.9 Å². The first kappa shape index (κ1) is 16.4. The molecule has 0 saturated carbocycles. The molecule has 1 unspecified atom stereocenters. The highest BCUT2D eigenvalue weighted by molar-refractivity contribution is 7.89. The summed E-state index contributed by atoms with van der Waals surface area (Å²) in [6.45, 7) is 3.32. The Morgan fingerprint density at radius 3 is 2.61 bits per heavy atom. The lowest BCUT2D eigenvalue weighted by atomic mass is 9.87. The molecule has 0 radical (unpaired) electrons. The van der Waals surface area contributed by atoms with Crippen LogP contribution in [-0.2, 0) is 17.1 Å². The van der Waals surface area contributed by atoms with Crippen LogP contribution in [0.5, 0.6) is 0 Å². The Morgan fingerprint density at radius 2 is 2.00 bits per heavy atom. The fourth-order valence-electron chi connectivity index (χ4n) is 3.83. The summed E-state index contributed by atoms with van der Waals surface area (Å²) < 4.78 is 27.8. The van der Waals surface area contributed by atoms with Crippen molar-refractivity contribution in [2.24, 2.45) is 7.05 Å². The molecule has 1 aromatic rings. The van der Waals surface area contributed by atoms with E-state index in [0.29, 0.717) is 25.3 Å². The second-order valence-corrected chi connectivity index (χ2v) is 8.80. The number of likely N-dealkylation sites (tertiary alicyclic amines) is 1. The summed E-state index contributed by atoms with van der Waals surface area (Å²) >= 11 is 0. The van der Waals surface area contributed by atoms with E-state index >= 15 is 0 Å². The van der Waals surface area contributed by atoms with Crippen molar-refractivity contribution in [2.75, 3.05) is 25.4 Å². The molecular formula is C15H24N4O3S. The van der Waals surface area contributed by atoms with E-state index in [1.165, 1.54) is 0 Å². The van der Waals surface area contributed by atoms with Crippen molar-refractivity contribution in [3.05, 3.63) is 18.2 Å². The Morgan fingerprint density at radius 1 is 1.30 bits per heavy atom. The minimum absolute atomic E-state index is 0.0844. The van der Waals surface area contributed by atoms with Crippen molar-refractivity contribution in [3.63, 3.8) is 0 Å². The molecule has 3 rings (SSSR count). The third kappa shape index (κ3) is 2.89. The standard InChI is InChI=1S/C15H24N4O3S/c1-3-23(21,22)18-8-4-6-15(11-18)7-5-9-19(15)14(20)13-10-17(2)12-16-13/h10,12H,3-9,11H2,1-2H3. The summed E-state index contributed by atoms with van der Waals surface area (Å²) in [5.74, 6) is 0.0240. The molecule has 0 N–H and O–H groups in total. The van der Waals surface area contributed by atoms with E-state index in [9.17, 15) is 13.2 Å². The van der Waals surface area contributed by atoms with Gasteiger partial charge >= 0.3 is 0 Å². The molecule has 0 bridgehead atoms. The van der Waals surface area contributed by atoms with E-state index < -0.39 is 10.0 Å². The van der Waals surface area contributed by atoms with Gasteiger partial charge in [-0.05, 0) is 32.6 Å². The van der Waals surface area contributed by atoms with Gasteiger partial charge in [0.2, 0.25) is 10.0 Å². The number of imidazole rings is 1. The Bertz CT molecular complexity index is 699. The molecule has 23 heavy (non-hydrogen) atoms. The van der Waals surface area contributed by atoms with Crippen LogP contribution in [0.3, 0.4) is 0 Å². The molecule has 8 heteroatoms. The van der Waals surface area contributed by atoms with Gasteiger partial charge in [-0.15, -0.1) is 0 Å². The predicted octanol–water partition coefficient (Wildman–Crippen LogP) is 0.840. The summed E-state index contributed by atoms with van der Waals surface area (Å²) in [4.78, 5) is 18.9. The van der Waals surface area contributed by atoms with Crippen molar-refractivity contribution < 1.29 is 13.2 Å². The second kappa shape index (κ2) is 5.90. The average molecular weight is 340 g/mol. The van der Waals surface area contributed by atoms with Gasteiger partial charge in [0.05, 0.1) is 17.6 Å². The number of sulfonamides is 1. The Hall–Kier alpha value is -1.41. The van der Waals surface area contributed by atoms with Crippen LogP contribution in [0.2, 0.25) is 0 Å². The maximum atomic E-state index is 12.8. The van der Waals surface area contributed by atoms with Gasteiger partial charge in [-0.3, -0.25) is 4.79 Å². The van der Waals surface area contributed by atoms with Crippen molar-refractivity contribution in [1.82, 2.24) is 18.8 Å². The number of nitrogens with zero attached hydrogens (tertiary/aromatic N) is 4. The zero-order chi connectivity index (χ0) is 16.7. The molecule has 0 aromatic carbocycles. The molecule has 128 valence electrons. The van der Waals surface area contributed by atoms with E-state index in [2.05, 4.69) is 4.98 Å². The van der Waals surface area contributed by atoms with Gasteiger partial charge in [0.25, 0.3) is 5.91 Å². The lowest BCUT2D eigenvalue weighted by Gasteiger charge is -2.45. The molecule has 3 heterocycles. The maximum absolute atomic E-state index is 12.8. The molecule has 2 aliphatic rings. The van der Waals surface area contributed by atoms with Crippen LogP contribution in [0, 0.1) is 0 Å². The van der Waals surface area contributed by atoms with E-state index in [-0.39, 0.29) is 17.2 Å². The minimum atomic E-state index is -3.22. The topological polar surface area (TPSA) is 75.5 Å². The fraction of sp³-hybridized carbons (Fsp3) is 0.733. The zero-order valence-electron chi connectivity index (χ0n) is 13.7. The molecule has 2 saturated heterocycles. The van der Waals surface area contributed by atoms with Crippen LogP contribution in [0.15, 0.2) is 12.5 Å². The molecular weight excluding hydrogens is 316 g/mol. The SMILES string of the molecule is CCS(=O)(=O)N1CCCC2(CCCN2C(=O)c2cn(C)cn2)C1. The van der Waals surface area contributed by atoms with Gasteiger partial charge in [-0.1, -0.05) is 0 Å². The van der Waals surface area contributed by atoms with Crippen LogP contribution in [0.1, 0.15) is 43.1 Å². The van der Waals surface area contributed by atoms with E-state index in [1.54, 1.807) is 28.3 Å². The smallest absolute Gasteiger partial charge is 0.274 e. The Labute approximate surface area is 137 Å². The number of rotatable bonds is 3. The van der Waals surface area contributed by atoms with Crippen molar-refractivity contribution in [3.8, 4) is 0 Å². The molecule has 2 aliphatic heterocycles. The molecule has 7 nitrogen and oxygen atoms in total. The van der Waals surface area contributed by atoms with Gasteiger partial charge in [-0.25, -0.2) is 13.4 Å². The number of piperidine rings is 1. The Kier molecular flexibility index (Phi) is 4.22. The highest BCUT2D eigenvalue weighted by Gasteiger charge is 2.48. The fourth-order valence-corrected chi connectivity index (χ4v) is 5.04. The molecule has 0 aliphatic carbocycles. The molecule has 1 aromatic heterocycles. The molecule has 1 amide bonds. The van der Waals surface area contributed by atoms with Gasteiger partial charge < -0.3 is 9.47 Å². The van der Waals surface area contributed by atoms with Gasteiger partial charge in [-0.2, -0.15) is 4.31 Å². The normalized spacial score (nSPS) is 26.1. The number of carbonyl (C=O) groups excluding carboxylic acids is 1. The first-order valence-corrected chi connectivity index (χ1v) is 9.77. The second-order valence-electron chi connectivity index (χ2n) is 6.55. The van der Waals surface area contributed by atoms with Crippen LogP contribution in [0.4, 0.5) is 0 Å². The third-order valence-electron chi connectivity index (χ3n) is 5.04. The quantitative estimate of drug-likeness (QED) is 0.817. The monoisotopic (exact) mass is 340 g/mol. The average Bonchev–Trinajstić information content (AvgIpc) is 3.13. The van der Waals surface area contributed by atoms with Gasteiger partial charge in [0.1, 0.15) is 5.69 Å². The third-order valence-corrected chi connectivity index (χ3v) is 6.87. The van der Waals surface area contributed by atoms with Crippen LogP contribution < -0.4 is 0 Å². The van der Waals surface area contributed by atoms with E-state index in [0.717, 1.165) is 25.7 Å². The summed E-state index contributed by atoms with van der Waals surface area (Å²) in [5.41, 5.74) is 0.0685.